The van der Waals surface area contributed by atoms with Gasteiger partial charge in [0.2, 0.25) is 0 Å². The third-order valence-electron chi connectivity index (χ3n) is 2.99. The number of hydrogen-bond donors (Lipinski definition) is 1. The van der Waals surface area contributed by atoms with Crippen molar-refractivity contribution in [3.05, 3.63) is 35.9 Å². The molecule has 1 saturated heterocycles. The van der Waals surface area contributed by atoms with Gasteiger partial charge in [-0.2, -0.15) is 0 Å². The Kier molecular flexibility index (Phi) is 3.37. The molecule has 2 rings (SSSR count). The maximum absolute atomic E-state index is 3.73. The van der Waals surface area contributed by atoms with Gasteiger partial charge in [-0.25, -0.2) is 0 Å². The predicted molar refractivity (Wildman–Crippen MR) is 68.2 cm³/mol. The standard InChI is InChI=1S/C13H19NS/c1-3-12-10-15-13(2,14-12)9-11-7-5-4-6-8-11/h4-8,12,14H,3,9-10H2,1-2H3. The van der Waals surface area contributed by atoms with Crippen LogP contribution in [0.1, 0.15) is 25.8 Å². The highest BCUT2D eigenvalue weighted by atomic mass is 32.2. The van der Waals surface area contributed by atoms with E-state index >= 15 is 0 Å². The molecule has 0 aliphatic carbocycles. The van der Waals surface area contributed by atoms with Crippen LogP contribution in [0.4, 0.5) is 0 Å². The first-order valence-electron chi connectivity index (χ1n) is 5.67. The monoisotopic (exact) mass is 221 g/mol. The molecule has 2 atom stereocenters. The molecule has 0 saturated carbocycles. The van der Waals surface area contributed by atoms with Crippen molar-refractivity contribution in [3.63, 3.8) is 0 Å². The van der Waals surface area contributed by atoms with E-state index in [0.29, 0.717) is 6.04 Å². The first-order chi connectivity index (χ1) is 7.22. The van der Waals surface area contributed by atoms with Crippen molar-refractivity contribution in [2.75, 3.05) is 5.75 Å². The number of benzene rings is 1. The molecule has 1 aliphatic rings. The van der Waals surface area contributed by atoms with E-state index in [9.17, 15) is 0 Å². The molecule has 2 unspecified atom stereocenters. The van der Waals surface area contributed by atoms with Crippen LogP contribution in [0.15, 0.2) is 30.3 Å². The van der Waals surface area contributed by atoms with E-state index in [4.69, 9.17) is 0 Å². The second kappa shape index (κ2) is 4.58. The number of rotatable bonds is 3. The van der Waals surface area contributed by atoms with Gasteiger partial charge in [0.1, 0.15) is 0 Å². The van der Waals surface area contributed by atoms with Gasteiger partial charge in [-0.1, -0.05) is 37.3 Å². The molecular formula is C13H19NS. The third-order valence-corrected chi connectivity index (χ3v) is 4.46. The minimum absolute atomic E-state index is 0.238. The zero-order chi connectivity index (χ0) is 10.7. The number of nitrogens with one attached hydrogen (secondary N) is 1. The van der Waals surface area contributed by atoms with Crippen molar-refractivity contribution in [1.29, 1.82) is 0 Å². The van der Waals surface area contributed by atoms with Crippen LogP contribution in [0.5, 0.6) is 0 Å². The quantitative estimate of drug-likeness (QED) is 0.842. The molecular weight excluding hydrogens is 202 g/mol. The van der Waals surface area contributed by atoms with Gasteiger partial charge >= 0.3 is 0 Å². The first-order valence-corrected chi connectivity index (χ1v) is 6.66. The molecule has 0 bridgehead atoms. The molecule has 0 aromatic heterocycles. The van der Waals surface area contributed by atoms with E-state index in [1.807, 2.05) is 0 Å². The molecule has 1 heterocycles. The molecule has 15 heavy (non-hydrogen) atoms. The lowest BCUT2D eigenvalue weighted by molar-refractivity contribution is 0.455. The summed E-state index contributed by atoms with van der Waals surface area (Å²) < 4.78 is 0. The summed E-state index contributed by atoms with van der Waals surface area (Å²) in [5.41, 5.74) is 1.43. The maximum atomic E-state index is 3.73. The molecule has 1 nitrogen and oxygen atoms in total. The Morgan fingerprint density at radius 1 is 1.40 bits per heavy atom. The molecule has 0 amide bonds. The Morgan fingerprint density at radius 3 is 2.73 bits per heavy atom. The molecule has 1 N–H and O–H groups in total. The van der Waals surface area contributed by atoms with E-state index < -0.39 is 0 Å². The predicted octanol–water partition coefficient (Wildman–Crippen LogP) is 3.06. The van der Waals surface area contributed by atoms with Crippen molar-refractivity contribution >= 4 is 11.8 Å². The van der Waals surface area contributed by atoms with Crippen LogP contribution in [-0.4, -0.2) is 16.7 Å². The smallest absolute Gasteiger partial charge is 0.0660 e. The Bertz CT molecular complexity index is 312. The maximum Gasteiger partial charge on any atom is 0.0660 e. The first kappa shape index (κ1) is 11.0. The van der Waals surface area contributed by atoms with Crippen molar-refractivity contribution in [2.45, 2.75) is 37.6 Å². The molecule has 1 aromatic rings. The van der Waals surface area contributed by atoms with Crippen LogP contribution in [0.2, 0.25) is 0 Å². The minimum Gasteiger partial charge on any atom is -0.299 e. The van der Waals surface area contributed by atoms with Gasteiger partial charge in [-0.15, -0.1) is 11.8 Å². The topological polar surface area (TPSA) is 12.0 Å². The van der Waals surface area contributed by atoms with Gasteiger partial charge in [0.05, 0.1) is 4.87 Å². The van der Waals surface area contributed by atoms with Crippen LogP contribution in [-0.2, 0) is 6.42 Å². The van der Waals surface area contributed by atoms with Gasteiger partial charge in [-0.3, -0.25) is 5.32 Å². The normalized spacial score (nSPS) is 30.7. The average Bonchev–Trinajstić information content (AvgIpc) is 2.61. The molecule has 1 aromatic carbocycles. The summed E-state index contributed by atoms with van der Waals surface area (Å²) >= 11 is 2.06. The number of hydrogen-bond acceptors (Lipinski definition) is 2. The van der Waals surface area contributed by atoms with E-state index in [1.54, 1.807) is 0 Å². The summed E-state index contributed by atoms with van der Waals surface area (Å²) in [5, 5.41) is 3.73. The lowest BCUT2D eigenvalue weighted by Gasteiger charge is -2.24. The summed E-state index contributed by atoms with van der Waals surface area (Å²) in [5.74, 6) is 1.25. The summed E-state index contributed by atoms with van der Waals surface area (Å²) in [6, 6.07) is 11.4. The zero-order valence-corrected chi connectivity index (χ0v) is 10.3. The minimum atomic E-state index is 0.238. The van der Waals surface area contributed by atoms with Gasteiger partial charge in [0.15, 0.2) is 0 Å². The Morgan fingerprint density at radius 2 is 2.13 bits per heavy atom. The highest BCUT2D eigenvalue weighted by Gasteiger charge is 2.33. The highest BCUT2D eigenvalue weighted by molar-refractivity contribution is 8.00. The highest BCUT2D eigenvalue weighted by Crippen LogP contribution is 2.33. The molecule has 2 heteroatoms. The van der Waals surface area contributed by atoms with Crippen LogP contribution in [0.25, 0.3) is 0 Å². The largest absolute Gasteiger partial charge is 0.299 e. The van der Waals surface area contributed by atoms with Crippen LogP contribution < -0.4 is 5.32 Å². The molecule has 82 valence electrons. The zero-order valence-electron chi connectivity index (χ0n) is 9.49. The van der Waals surface area contributed by atoms with E-state index in [2.05, 4.69) is 61.3 Å². The van der Waals surface area contributed by atoms with Crippen molar-refractivity contribution < 1.29 is 0 Å². The lowest BCUT2D eigenvalue weighted by Crippen LogP contribution is -2.40. The second-order valence-electron chi connectivity index (χ2n) is 4.45. The van der Waals surface area contributed by atoms with Gasteiger partial charge in [0.25, 0.3) is 0 Å². The summed E-state index contributed by atoms with van der Waals surface area (Å²) in [6.45, 7) is 4.58. The summed E-state index contributed by atoms with van der Waals surface area (Å²) in [7, 11) is 0. The van der Waals surface area contributed by atoms with E-state index in [-0.39, 0.29) is 4.87 Å². The second-order valence-corrected chi connectivity index (χ2v) is 5.98. The van der Waals surface area contributed by atoms with Crippen molar-refractivity contribution in [1.82, 2.24) is 5.32 Å². The molecule has 1 aliphatic heterocycles. The Hall–Kier alpha value is -0.470. The Labute approximate surface area is 96.7 Å². The van der Waals surface area contributed by atoms with Crippen LogP contribution in [0.3, 0.4) is 0 Å². The fraction of sp³-hybridized carbons (Fsp3) is 0.538. The SMILES string of the molecule is CCC1CSC(C)(Cc2ccccc2)N1. The average molecular weight is 221 g/mol. The third kappa shape index (κ3) is 2.76. The Balaban J connectivity index is 2.00. The molecule has 1 fully saturated rings. The van der Waals surface area contributed by atoms with Crippen molar-refractivity contribution in [2.24, 2.45) is 0 Å². The summed E-state index contributed by atoms with van der Waals surface area (Å²) in [4.78, 5) is 0.238. The molecule has 0 radical (unpaired) electrons. The van der Waals surface area contributed by atoms with E-state index in [1.165, 1.54) is 17.7 Å². The fourth-order valence-corrected chi connectivity index (χ4v) is 3.51. The number of thioether (sulfide) groups is 1. The van der Waals surface area contributed by atoms with Crippen LogP contribution in [0, 0.1) is 0 Å². The van der Waals surface area contributed by atoms with Gasteiger partial charge in [0, 0.05) is 11.8 Å². The van der Waals surface area contributed by atoms with Crippen LogP contribution >= 0.6 is 11.8 Å². The van der Waals surface area contributed by atoms with E-state index in [0.717, 1.165) is 6.42 Å². The van der Waals surface area contributed by atoms with Crippen molar-refractivity contribution in [3.8, 4) is 0 Å². The molecule has 0 spiro atoms. The fourth-order valence-electron chi connectivity index (χ4n) is 2.11. The lowest BCUT2D eigenvalue weighted by atomic mass is 10.1. The van der Waals surface area contributed by atoms with Gasteiger partial charge in [-0.05, 0) is 25.3 Å². The summed E-state index contributed by atoms with van der Waals surface area (Å²) in [6.07, 6.45) is 2.35. The van der Waals surface area contributed by atoms with Gasteiger partial charge < -0.3 is 0 Å².